The number of likely N-dealkylation sites (N-methyl/N-ethyl adjacent to an activating group) is 1. The lowest BCUT2D eigenvalue weighted by molar-refractivity contribution is -0.0666. The smallest absolute Gasteiger partial charge is 0.290 e. The van der Waals surface area contributed by atoms with Gasteiger partial charge >= 0.3 is 0 Å². The fourth-order valence-electron chi connectivity index (χ4n) is 3.81. The van der Waals surface area contributed by atoms with Crippen molar-refractivity contribution < 1.29 is 18.7 Å². The topological polar surface area (TPSA) is 63.9 Å². The maximum Gasteiger partial charge on any atom is 0.290 e. The highest BCUT2D eigenvalue weighted by Gasteiger charge is 2.55. The van der Waals surface area contributed by atoms with Crippen LogP contribution < -0.4 is 10.1 Å². The van der Waals surface area contributed by atoms with Crippen molar-refractivity contribution in [3.8, 4) is 11.7 Å². The lowest BCUT2D eigenvalue weighted by Crippen LogP contribution is -2.69. The van der Waals surface area contributed by atoms with Gasteiger partial charge in [0.1, 0.15) is 5.75 Å². The summed E-state index contributed by atoms with van der Waals surface area (Å²) in [6, 6.07) is 12.9. The molecule has 6 heteroatoms. The number of carbonyl (C=O) groups is 1. The van der Waals surface area contributed by atoms with E-state index < -0.39 is 0 Å². The highest BCUT2D eigenvalue weighted by Crippen LogP contribution is 2.41. The molecule has 4 atom stereocenters. The van der Waals surface area contributed by atoms with Crippen molar-refractivity contribution in [2.45, 2.75) is 24.6 Å². The third-order valence-corrected chi connectivity index (χ3v) is 5.01. The van der Waals surface area contributed by atoms with Crippen molar-refractivity contribution in [2.24, 2.45) is 5.92 Å². The molecule has 132 valence electrons. The van der Waals surface area contributed by atoms with Crippen molar-refractivity contribution in [3.05, 3.63) is 48.2 Å². The average molecular weight is 342 g/mol. The number of furan rings is 1. The zero-order chi connectivity index (χ0) is 17.4. The highest BCUT2D eigenvalue weighted by molar-refractivity contribution is 5.92. The second-order valence-corrected chi connectivity index (χ2v) is 6.78. The van der Waals surface area contributed by atoms with Gasteiger partial charge in [-0.1, -0.05) is 18.2 Å². The van der Waals surface area contributed by atoms with E-state index in [1.165, 1.54) is 0 Å². The number of amides is 1. The van der Waals surface area contributed by atoms with Gasteiger partial charge in [-0.25, -0.2) is 0 Å². The van der Waals surface area contributed by atoms with Crippen LogP contribution in [-0.2, 0) is 4.74 Å². The molecule has 2 fully saturated rings. The van der Waals surface area contributed by atoms with Crippen LogP contribution in [0, 0.1) is 5.92 Å². The molecular weight excluding hydrogens is 320 g/mol. The Morgan fingerprint density at radius 1 is 1.20 bits per heavy atom. The number of hydrogen-bond donors (Lipinski definition) is 1. The molecule has 2 heterocycles. The van der Waals surface area contributed by atoms with Gasteiger partial charge in [0.25, 0.3) is 11.9 Å². The summed E-state index contributed by atoms with van der Waals surface area (Å²) in [4.78, 5) is 14.7. The molecule has 1 aliphatic carbocycles. The first-order valence-corrected chi connectivity index (χ1v) is 8.55. The number of fused-ring (bicyclic) bond motifs is 1. The minimum atomic E-state index is -0.217. The van der Waals surface area contributed by atoms with Crippen molar-refractivity contribution in [3.63, 3.8) is 0 Å². The highest BCUT2D eigenvalue weighted by atomic mass is 16.6. The lowest BCUT2D eigenvalue weighted by Gasteiger charge is -2.50. The van der Waals surface area contributed by atoms with Gasteiger partial charge < -0.3 is 24.1 Å². The molecule has 1 N–H and O–H groups in total. The zero-order valence-electron chi connectivity index (χ0n) is 14.3. The predicted octanol–water partition coefficient (Wildman–Crippen LogP) is 2.52. The van der Waals surface area contributed by atoms with E-state index in [9.17, 15) is 4.79 Å². The van der Waals surface area contributed by atoms with Crippen molar-refractivity contribution in [1.29, 1.82) is 0 Å². The number of hydrogen-bond acceptors (Lipinski definition) is 5. The first kappa shape index (κ1) is 16.2. The van der Waals surface area contributed by atoms with Crippen LogP contribution in [0.3, 0.4) is 0 Å². The minimum Gasteiger partial charge on any atom is -0.426 e. The Kier molecular flexibility index (Phi) is 4.23. The van der Waals surface area contributed by atoms with E-state index >= 15 is 0 Å². The summed E-state index contributed by atoms with van der Waals surface area (Å²) in [5, 5.41) is 3.10. The molecule has 25 heavy (non-hydrogen) atoms. The number of benzene rings is 1. The lowest BCUT2D eigenvalue weighted by atomic mass is 9.71. The van der Waals surface area contributed by atoms with Crippen LogP contribution in [0.2, 0.25) is 0 Å². The number of para-hydroxylation sites is 1. The molecule has 2 aromatic rings. The van der Waals surface area contributed by atoms with Crippen LogP contribution >= 0.6 is 0 Å². The van der Waals surface area contributed by atoms with Crippen molar-refractivity contribution in [2.75, 3.05) is 20.7 Å². The molecule has 4 rings (SSSR count). The van der Waals surface area contributed by atoms with Crippen LogP contribution in [0.4, 0.5) is 0 Å². The molecular formula is C19H22N2O4. The van der Waals surface area contributed by atoms with Crippen molar-refractivity contribution >= 4 is 5.91 Å². The summed E-state index contributed by atoms with van der Waals surface area (Å²) in [5.41, 5.74) is 0. The Hall–Kier alpha value is -2.31. The quantitative estimate of drug-likeness (QED) is 0.905. The van der Waals surface area contributed by atoms with Gasteiger partial charge in [-0.2, -0.15) is 0 Å². The van der Waals surface area contributed by atoms with Gasteiger partial charge in [-0.15, -0.1) is 0 Å². The Morgan fingerprint density at radius 3 is 2.76 bits per heavy atom. The standard InChI is InChI=1S/C19H22N2O4/c1-21(2)17-16(13-10-11-23-18(13)17)20-19(22)14-8-9-15(25-14)24-12-6-4-3-5-7-12/h3-9,13,16-18H,10-11H2,1-2H3,(H,20,22)/t13-,16+,17-,18-/m0/s1. The SMILES string of the molecule is CN(C)[C@H]1[C@H](NC(=O)c2ccc(Oc3ccccc3)o2)[C@@H]2CCO[C@@H]21. The molecule has 1 aromatic carbocycles. The third-order valence-electron chi connectivity index (χ3n) is 5.01. The number of nitrogens with zero attached hydrogens (tertiary/aromatic N) is 1. The van der Waals surface area contributed by atoms with Gasteiger partial charge in [0.15, 0.2) is 5.76 Å². The maximum atomic E-state index is 12.6. The summed E-state index contributed by atoms with van der Waals surface area (Å²) >= 11 is 0. The number of nitrogens with one attached hydrogen (secondary N) is 1. The first-order chi connectivity index (χ1) is 12.1. The Morgan fingerprint density at radius 2 is 2.00 bits per heavy atom. The van der Waals surface area contributed by atoms with Gasteiger partial charge in [0.2, 0.25) is 0 Å². The Balaban J connectivity index is 1.41. The molecule has 0 spiro atoms. The molecule has 1 aliphatic heterocycles. The molecule has 1 aromatic heterocycles. The van der Waals surface area contributed by atoms with Gasteiger partial charge in [0.05, 0.1) is 18.2 Å². The molecule has 0 bridgehead atoms. The van der Waals surface area contributed by atoms with Crippen LogP contribution in [0.25, 0.3) is 0 Å². The van der Waals surface area contributed by atoms with E-state index in [4.69, 9.17) is 13.9 Å². The van der Waals surface area contributed by atoms with Crippen molar-refractivity contribution in [1.82, 2.24) is 10.2 Å². The fourth-order valence-corrected chi connectivity index (χ4v) is 3.81. The zero-order valence-corrected chi connectivity index (χ0v) is 14.3. The summed E-state index contributed by atoms with van der Waals surface area (Å²) in [6.45, 7) is 0.766. The van der Waals surface area contributed by atoms with Gasteiger partial charge in [0, 0.05) is 18.6 Å². The second kappa shape index (κ2) is 6.54. The summed E-state index contributed by atoms with van der Waals surface area (Å²) in [5.74, 6) is 1.39. The summed E-state index contributed by atoms with van der Waals surface area (Å²) in [7, 11) is 4.03. The van der Waals surface area contributed by atoms with E-state index in [-0.39, 0.29) is 29.9 Å². The number of ether oxygens (including phenoxy) is 2. The van der Waals surface area contributed by atoms with E-state index in [0.29, 0.717) is 17.6 Å². The molecule has 0 unspecified atom stereocenters. The molecule has 1 saturated heterocycles. The average Bonchev–Trinajstić information content (AvgIpc) is 3.21. The van der Waals surface area contributed by atoms with E-state index in [2.05, 4.69) is 10.2 Å². The largest absolute Gasteiger partial charge is 0.426 e. The van der Waals surface area contributed by atoms with E-state index in [1.807, 2.05) is 44.4 Å². The number of carbonyl (C=O) groups excluding carboxylic acids is 1. The van der Waals surface area contributed by atoms with E-state index in [0.717, 1.165) is 13.0 Å². The number of rotatable bonds is 5. The third kappa shape index (κ3) is 3.03. The second-order valence-electron chi connectivity index (χ2n) is 6.78. The minimum absolute atomic E-state index is 0.0820. The summed E-state index contributed by atoms with van der Waals surface area (Å²) in [6.07, 6.45) is 1.20. The predicted molar refractivity (Wildman–Crippen MR) is 91.8 cm³/mol. The van der Waals surface area contributed by atoms with Crippen LogP contribution in [0.5, 0.6) is 11.7 Å². The maximum absolute atomic E-state index is 12.6. The molecule has 6 nitrogen and oxygen atoms in total. The first-order valence-electron chi connectivity index (χ1n) is 8.55. The monoisotopic (exact) mass is 342 g/mol. The molecule has 0 radical (unpaired) electrons. The molecule has 1 amide bonds. The molecule has 2 aliphatic rings. The summed E-state index contributed by atoms with van der Waals surface area (Å²) < 4.78 is 16.9. The molecule has 1 saturated carbocycles. The fraction of sp³-hybridized carbons (Fsp3) is 0.421. The Bertz CT molecular complexity index is 743. The Labute approximate surface area is 146 Å². The van der Waals surface area contributed by atoms with Gasteiger partial charge in [-0.3, -0.25) is 4.79 Å². The normalized spacial score (nSPS) is 27.6. The van der Waals surface area contributed by atoms with Gasteiger partial charge in [-0.05, 0) is 38.7 Å². The van der Waals surface area contributed by atoms with Crippen LogP contribution in [-0.4, -0.2) is 49.7 Å². The van der Waals surface area contributed by atoms with E-state index in [1.54, 1.807) is 12.1 Å². The van der Waals surface area contributed by atoms with Crippen LogP contribution in [0.1, 0.15) is 17.0 Å². The van der Waals surface area contributed by atoms with Crippen LogP contribution in [0.15, 0.2) is 46.9 Å².